The van der Waals surface area contributed by atoms with Gasteiger partial charge in [0.1, 0.15) is 5.75 Å². The van der Waals surface area contributed by atoms with Crippen molar-refractivity contribution in [1.29, 1.82) is 0 Å². The standard InChI is InChI=1S/C20H26N2O4S/c1-3-26-19-7-5-4-6-17(19)10-13-20(23)21-14-15-22-27(24,25)18-11-8-16(2)9-12-18/h4-9,11-12,22H,3,10,13-15H2,1-2H3,(H,21,23). The van der Waals surface area contributed by atoms with Crippen molar-refractivity contribution in [3.8, 4) is 5.75 Å². The first-order valence-electron chi connectivity index (χ1n) is 8.96. The summed E-state index contributed by atoms with van der Waals surface area (Å²) >= 11 is 0. The molecule has 0 heterocycles. The summed E-state index contributed by atoms with van der Waals surface area (Å²) in [5, 5.41) is 2.73. The summed E-state index contributed by atoms with van der Waals surface area (Å²) in [7, 11) is -3.56. The van der Waals surface area contributed by atoms with Gasteiger partial charge in [0, 0.05) is 19.5 Å². The molecule has 1 amide bonds. The highest BCUT2D eigenvalue weighted by molar-refractivity contribution is 7.89. The van der Waals surface area contributed by atoms with E-state index >= 15 is 0 Å². The van der Waals surface area contributed by atoms with Crippen molar-refractivity contribution >= 4 is 15.9 Å². The number of rotatable bonds is 10. The molecule has 146 valence electrons. The van der Waals surface area contributed by atoms with E-state index in [9.17, 15) is 13.2 Å². The highest BCUT2D eigenvalue weighted by Crippen LogP contribution is 2.19. The number of sulfonamides is 1. The molecular formula is C20H26N2O4S. The molecule has 2 N–H and O–H groups in total. The Labute approximate surface area is 161 Å². The maximum Gasteiger partial charge on any atom is 0.240 e. The lowest BCUT2D eigenvalue weighted by atomic mass is 10.1. The normalized spacial score (nSPS) is 11.2. The molecule has 0 bridgehead atoms. The Balaban J connectivity index is 1.74. The number of benzene rings is 2. The molecule has 6 nitrogen and oxygen atoms in total. The predicted molar refractivity (Wildman–Crippen MR) is 105 cm³/mol. The van der Waals surface area contributed by atoms with E-state index in [4.69, 9.17) is 4.74 Å². The van der Waals surface area contributed by atoms with Gasteiger partial charge >= 0.3 is 0 Å². The first-order chi connectivity index (χ1) is 12.9. The largest absolute Gasteiger partial charge is 0.494 e. The molecule has 0 saturated carbocycles. The zero-order chi connectivity index (χ0) is 19.7. The van der Waals surface area contributed by atoms with Crippen molar-refractivity contribution in [3.05, 3.63) is 59.7 Å². The number of para-hydroxylation sites is 1. The van der Waals surface area contributed by atoms with Crippen molar-refractivity contribution in [2.24, 2.45) is 0 Å². The van der Waals surface area contributed by atoms with Crippen LogP contribution in [0.2, 0.25) is 0 Å². The van der Waals surface area contributed by atoms with Crippen molar-refractivity contribution in [3.63, 3.8) is 0 Å². The van der Waals surface area contributed by atoms with Crippen LogP contribution in [-0.4, -0.2) is 34.0 Å². The molecule has 0 fully saturated rings. The van der Waals surface area contributed by atoms with Crippen molar-refractivity contribution < 1.29 is 17.9 Å². The highest BCUT2D eigenvalue weighted by Gasteiger charge is 2.13. The molecule has 0 aliphatic carbocycles. The monoisotopic (exact) mass is 390 g/mol. The second-order valence-corrected chi connectivity index (χ2v) is 7.87. The molecular weight excluding hydrogens is 364 g/mol. The van der Waals surface area contributed by atoms with Gasteiger partial charge in [0.2, 0.25) is 15.9 Å². The molecule has 0 aromatic heterocycles. The van der Waals surface area contributed by atoms with Gasteiger partial charge in [-0.1, -0.05) is 35.9 Å². The fourth-order valence-corrected chi connectivity index (χ4v) is 3.56. The van der Waals surface area contributed by atoms with Crippen molar-refractivity contribution in [1.82, 2.24) is 10.0 Å². The van der Waals surface area contributed by atoms with Gasteiger partial charge in [0.05, 0.1) is 11.5 Å². The van der Waals surface area contributed by atoms with Crippen LogP contribution in [0.4, 0.5) is 0 Å². The summed E-state index contributed by atoms with van der Waals surface area (Å²) in [5.74, 6) is 0.662. The Bertz CT molecular complexity index is 849. The Morgan fingerprint density at radius 2 is 1.74 bits per heavy atom. The maximum absolute atomic E-state index is 12.2. The summed E-state index contributed by atoms with van der Waals surface area (Å²) in [6.07, 6.45) is 0.881. The average Bonchev–Trinajstić information content (AvgIpc) is 2.65. The lowest BCUT2D eigenvalue weighted by Gasteiger charge is -2.10. The molecule has 0 spiro atoms. The Morgan fingerprint density at radius 1 is 1.04 bits per heavy atom. The second kappa shape index (κ2) is 10.1. The summed E-state index contributed by atoms with van der Waals surface area (Å²) in [5.41, 5.74) is 1.97. The third-order valence-electron chi connectivity index (χ3n) is 3.96. The first-order valence-corrected chi connectivity index (χ1v) is 10.4. The lowest BCUT2D eigenvalue weighted by molar-refractivity contribution is -0.121. The fourth-order valence-electron chi connectivity index (χ4n) is 2.53. The van der Waals surface area contributed by atoms with Crippen LogP contribution >= 0.6 is 0 Å². The van der Waals surface area contributed by atoms with E-state index in [1.165, 1.54) is 0 Å². The summed E-state index contributed by atoms with van der Waals surface area (Å²) in [4.78, 5) is 12.2. The van der Waals surface area contributed by atoms with Gasteiger partial charge in [0.25, 0.3) is 0 Å². The smallest absolute Gasteiger partial charge is 0.240 e. The van der Waals surface area contributed by atoms with Crippen LogP contribution < -0.4 is 14.8 Å². The van der Waals surface area contributed by atoms with Crippen LogP contribution in [0.15, 0.2) is 53.4 Å². The maximum atomic E-state index is 12.2. The van der Waals surface area contributed by atoms with E-state index in [1.54, 1.807) is 24.3 Å². The van der Waals surface area contributed by atoms with Crippen LogP contribution in [0.3, 0.4) is 0 Å². The van der Waals surface area contributed by atoms with E-state index in [0.717, 1.165) is 16.9 Å². The average molecular weight is 391 g/mol. The number of hydrogen-bond donors (Lipinski definition) is 2. The minimum absolute atomic E-state index is 0.129. The molecule has 0 saturated heterocycles. The number of hydrogen-bond acceptors (Lipinski definition) is 4. The summed E-state index contributed by atoms with van der Waals surface area (Å²) < 4.78 is 32.4. The van der Waals surface area contributed by atoms with Crippen LogP contribution in [-0.2, 0) is 21.2 Å². The minimum atomic E-state index is -3.56. The third kappa shape index (κ3) is 6.69. The van der Waals surface area contributed by atoms with Gasteiger partial charge in [-0.05, 0) is 44.0 Å². The fraction of sp³-hybridized carbons (Fsp3) is 0.350. The van der Waals surface area contributed by atoms with E-state index in [-0.39, 0.29) is 23.9 Å². The summed E-state index contributed by atoms with van der Waals surface area (Å²) in [6.45, 7) is 4.76. The molecule has 0 atom stereocenters. The Morgan fingerprint density at radius 3 is 2.44 bits per heavy atom. The SMILES string of the molecule is CCOc1ccccc1CCC(=O)NCCNS(=O)(=O)c1ccc(C)cc1. The molecule has 0 aliphatic heterocycles. The van der Waals surface area contributed by atoms with Gasteiger partial charge < -0.3 is 10.1 Å². The van der Waals surface area contributed by atoms with Gasteiger partial charge in [-0.2, -0.15) is 0 Å². The van der Waals surface area contributed by atoms with Crippen molar-refractivity contribution in [2.45, 2.75) is 31.6 Å². The lowest BCUT2D eigenvalue weighted by Crippen LogP contribution is -2.34. The third-order valence-corrected chi connectivity index (χ3v) is 5.44. The molecule has 27 heavy (non-hydrogen) atoms. The first kappa shape index (κ1) is 20.9. The van der Waals surface area contributed by atoms with Crippen LogP contribution in [0.25, 0.3) is 0 Å². The van der Waals surface area contributed by atoms with Gasteiger partial charge in [-0.15, -0.1) is 0 Å². The quantitative estimate of drug-likeness (QED) is 0.610. The molecule has 2 aromatic carbocycles. The minimum Gasteiger partial charge on any atom is -0.494 e. The zero-order valence-electron chi connectivity index (χ0n) is 15.7. The number of aryl methyl sites for hydroxylation is 2. The van der Waals surface area contributed by atoms with Crippen molar-refractivity contribution in [2.75, 3.05) is 19.7 Å². The van der Waals surface area contributed by atoms with Crippen LogP contribution in [0.1, 0.15) is 24.5 Å². The summed E-state index contributed by atoms with van der Waals surface area (Å²) in [6, 6.07) is 14.2. The van der Waals surface area contributed by atoms with E-state index < -0.39 is 10.0 Å². The van der Waals surface area contributed by atoms with Crippen LogP contribution in [0, 0.1) is 6.92 Å². The van der Waals surface area contributed by atoms with Gasteiger partial charge in [-0.25, -0.2) is 13.1 Å². The molecule has 2 rings (SSSR count). The number of nitrogens with one attached hydrogen (secondary N) is 2. The Hall–Kier alpha value is -2.38. The number of amides is 1. The predicted octanol–water partition coefficient (Wildman–Crippen LogP) is 2.42. The molecule has 0 radical (unpaired) electrons. The van der Waals surface area contributed by atoms with Gasteiger partial charge in [-0.3, -0.25) is 4.79 Å². The van der Waals surface area contributed by atoms with Gasteiger partial charge in [0.15, 0.2) is 0 Å². The van der Waals surface area contributed by atoms with E-state index in [1.807, 2.05) is 38.1 Å². The Kier molecular flexibility index (Phi) is 7.82. The van der Waals surface area contributed by atoms with E-state index in [0.29, 0.717) is 19.4 Å². The number of carbonyl (C=O) groups is 1. The molecule has 2 aromatic rings. The number of carbonyl (C=O) groups excluding carboxylic acids is 1. The molecule has 0 unspecified atom stereocenters. The molecule has 0 aliphatic rings. The highest BCUT2D eigenvalue weighted by atomic mass is 32.2. The second-order valence-electron chi connectivity index (χ2n) is 6.10. The molecule has 7 heteroatoms. The van der Waals surface area contributed by atoms with Crippen LogP contribution in [0.5, 0.6) is 5.75 Å². The topological polar surface area (TPSA) is 84.5 Å². The zero-order valence-corrected chi connectivity index (χ0v) is 16.5. The number of ether oxygens (including phenoxy) is 1. The van der Waals surface area contributed by atoms with E-state index in [2.05, 4.69) is 10.0 Å².